The van der Waals surface area contributed by atoms with Crippen molar-refractivity contribution in [2.24, 2.45) is 5.16 Å². The first-order chi connectivity index (χ1) is 9.61. The van der Waals surface area contributed by atoms with E-state index in [0.717, 1.165) is 11.1 Å². The summed E-state index contributed by atoms with van der Waals surface area (Å²) in [6.07, 6.45) is 0. The smallest absolute Gasteiger partial charge is 0.128 e. The fourth-order valence-electron chi connectivity index (χ4n) is 1.74. The minimum atomic E-state index is 0.311. The Morgan fingerprint density at radius 1 is 1.20 bits per heavy atom. The molecule has 0 aromatic heterocycles. The highest BCUT2D eigenvalue weighted by molar-refractivity contribution is 6.35. The van der Waals surface area contributed by atoms with Gasteiger partial charge in [0.05, 0.1) is 5.71 Å². The molecule has 0 saturated carbocycles. The minimum absolute atomic E-state index is 0.311. The molecular weight excluding hydrogens is 297 g/mol. The van der Waals surface area contributed by atoms with Gasteiger partial charge in [-0.2, -0.15) is 0 Å². The normalized spacial score (nSPS) is 11.4. The summed E-state index contributed by atoms with van der Waals surface area (Å²) in [4.78, 5) is 0. The first kappa shape index (κ1) is 14.7. The predicted octanol–water partition coefficient (Wildman–Crippen LogP) is 4.77. The zero-order valence-electron chi connectivity index (χ0n) is 10.8. The molecule has 0 heterocycles. The van der Waals surface area contributed by atoms with Crippen LogP contribution in [-0.4, -0.2) is 10.9 Å². The summed E-state index contributed by atoms with van der Waals surface area (Å²) < 4.78 is 5.75. The van der Waals surface area contributed by atoms with E-state index >= 15 is 0 Å². The van der Waals surface area contributed by atoms with Crippen molar-refractivity contribution in [1.82, 2.24) is 0 Å². The summed E-state index contributed by atoms with van der Waals surface area (Å²) in [5.74, 6) is 0.633. The molecular formula is C15H13Cl2NO2. The third-order valence-corrected chi connectivity index (χ3v) is 3.41. The van der Waals surface area contributed by atoms with Crippen molar-refractivity contribution in [3.05, 3.63) is 63.6 Å². The molecule has 0 spiro atoms. The van der Waals surface area contributed by atoms with Gasteiger partial charge >= 0.3 is 0 Å². The first-order valence-corrected chi connectivity index (χ1v) is 6.72. The molecule has 0 bridgehead atoms. The minimum Gasteiger partial charge on any atom is -0.488 e. The molecule has 5 heteroatoms. The molecule has 2 aromatic carbocycles. The van der Waals surface area contributed by atoms with Gasteiger partial charge in [-0.15, -0.1) is 0 Å². The third kappa shape index (κ3) is 3.44. The van der Waals surface area contributed by atoms with Gasteiger partial charge in [-0.05, 0) is 31.2 Å². The zero-order chi connectivity index (χ0) is 14.5. The lowest BCUT2D eigenvalue weighted by Crippen LogP contribution is -2.02. The summed E-state index contributed by atoms with van der Waals surface area (Å²) in [6, 6.07) is 12.6. The van der Waals surface area contributed by atoms with Crippen LogP contribution in [0, 0.1) is 0 Å². The molecule has 0 atom stereocenters. The highest BCUT2D eigenvalue weighted by atomic mass is 35.5. The predicted molar refractivity (Wildman–Crippen MR) is 81.2 cm³/mol. The second-order valence-electron chi connectivity index (χ2n) is 4.21. The van der Waals surface area contributed by atoms with E-state index in [2.05, 4.69) is 5.16 Å². The van der Waals surface area contributed by atoms with Crippen LogP contribution in [0.5, 0.6) is 5.75 Å². The largest absolute Gasteiger partial charge is 0.488 e. The van der Waals surface area contributed by atoms with E-state index in [0.29, 0.717) is 28.1 Å². The van der Waals surface area contributed by atoms with Gasteiger partial charge in [0, 0.05) is 21.2 Å². The average molecular weight is 310 g/mol. The average Bonchev–Trinajstić information content (AvgIpc) is 2.46. The van der Waals surface area contributed by atoms with E-state index in [-0.39, 0.29) is 0 Å². The van der Waals surface area contributed by atoms with E-state index in [9.17, 15) is 0 Å². The Bertz CT molecular complexity index is 642. The van der Waals surface area contributed by atoms with E-state index in [1.165, 1.54) is 0 Å². The van der Waals surface area contributed by atoms with Gasteiger partial charge in [0.25, 0.3) is 0 Å². The second kappa shape index (κ2) is 6.64. The van der Waals surface area contributed by atoms with Crippen molar-refractivity contribution >= 4 is 28.9 Å². The number of oxime groups is 1. The Kier molecular flexibility index (Phi) is 4.88. The van der Waals surface area contributed by atoms with Crippen LogP contribution in [0.2, 0.25) is 10.0 Å². The third-order valence-electron chi connectivity index (χ3n) is 2.83. The molecule has 0 aliphatic rings. The molecule has 0 aliphatic heterocycles. The number of hydrogen-bond donors (Lipinski definition) is 1. The topological polar surface area (TPSA) is 41.8 Å². The Morgan fingerprint density at radius 3 is 2.65 bits per heavy atom. The number of halogens is 2. The van der Waals surface area contributed by atoms with Crippen LogP contribution in [0.4, 0.5) is 0 Å². The monoisotopic (exact) mass is 309 g/mol. The second-order valence-corrected chi connectivity index (χ2v) is 5.05. The summed E-state index contributed by atoms with van der Waals surface area (Å²) in [7, 11) is 0. The van der Waals surface area contributed by atoms with E-state index in [1.807, 2.05) is 30.3 Å². The van der Waals surface area contributed by atoms with Crippen molar-refractivity contribution in [3.63, 3.8) is 0 Å². The van der Waals surface area contributed by atoms with Crippen molar-refractivity contribution in [3.8, 4) is 5.75 Å². The van der Waals surface area contributed by atoms with Crippen LogP contribution >= 0.6 is 23.2 Å². The van der Waals surface area contributed by atoms with Crippen LogP contribution in [0.15, 0.2) is 47.6 Å². The standard InChI is InChI=1S/C15H13Cl2NO2/c1-10(18-19)13-4-2-3-5-15(13)20-9-11-6-7-12(16)8-14(11)17/h2-8,19H,9H2,1H3/b18-10+. The van der Waals surface area contributed by atoms with Gasteiger partial charge in [0.1, 0.15) is 12.4 Å². The van der Waals surface area contributed by atoms with Crippen LogP contribution in [0.3, 0.4) is 0 Å². The van der Waals surface area contributed by atoms with Crippen molar-refractivity contribution < 1.29 is 9.94 Å². The van der Waals surface area contributed by atoms with E-state index in [4.69, 9.17) is 33.1 Å². The lowest BCUT2D eigenvalue weighted by atomic mass is 10.1. The number of nitrogens with zero attached hydrogens (tertiary/aromatic N) is 1. The maximum Gasteiger partial charge on any atom is 0.128 e. The molecule has 2 aromatic rings. The van der Waals surface area contributed by atoms with Crippen LogP contribution in [-0.2, 0) is 6.61 Å². The quantitative estimate of drug-likeness (QED) is 0.502. The summed E-state index contributed by atoms with van der Waals surface area (Å²) >= 11 is 11.9. The molecule has 0 aliphatic carbocycles. The number of benzene rings is 2. The SMILES string of the molecule is C/C(=N\O)c1ccccc1OCc1ccc(Cl)cc1Cl. The lowest BCUT2D eigenvalue weighted by Gasteiger charge is -2.11. The maximum absolute atomic E-state index is 8.87. The molecule has 2 rings (SSSR count). The number of para-hydroxylation sites is 1. The van der Waals surface area contributed by atoms with E-state index in [1.54, 1.807) is 19.1 Å². The van der Waals surface area contributed by atoms with Crippen molar-refractivity contribution in [2.45, 2.75) is 13.5 Å². The molecule has 0 saturated heterocycles. The molecule has 0 fully saturated rings. The van der Waals surface area contributed by atoms with Crippen LogP contribution < -0.4 is 4.74 Å². The highest BCUT2D eigenvalue weighted by Crippen LogP contribution is 2.24. The van der Waals surface area contributed by atoms with Gasteiger partial charge in [-0.3, -0.25) is 0 Å². The zero-order valence-corrected chi connectivity index (χ0v) is 12.3. The lowest BCUT2D eigenvalue weighted by molar-refractivity contribution is 0.303. The van der Waals surface area contributed by atoms with Crippen molar-refractivity contribution in [2.75, 3.05) is 0 Å². The van der Waals surface area contributed by atoms with Gasteiger partial charge < -0.3 is 9.94 Å². The van der Waals surface area contributed by atoms with Gasteiger partial charge in [0.2, 0.25) is 0 Å². The molecule has 20 heavy (non-hydrogen) atoms. The fourth-order valence-corrected chi connectivity index (χ4v) is 2.20. The highest BCUT2D eigenvalue weighted by Gasteiger charge is 2.08. The number of ether oxygens (including phenoxy) is 1. The summed E-state index contributed by atoms with van der Waals surface area (Å²) in [5.41, 5.74) is 2.06. The Morgan fingerprint density at radius 2 is 1.95 bits per heavy atom. The van der Waals surface area contributed by atoms with E-state index < -0.39 is 0 Å². The molecule has 0 amide bonds. The molecule has 3 nitrogen and oxygen atoms in total. The number of hydrogen-bond acceptors (Lipinski definition) is 3. The number of rotatable bonds is 4. The van der Waals surface area contributed by atoms with Gasteiger partial charge in [-0.25, -0.2) is 0 Å². The Labute approximate surface area is 127 Å². The van der Waals surface area contributed by atoms with Gasteiger partial charge in [0.15, 0.2) is 0 Å². The fraction of sp³-hybridized carbons (Fsp3) is 0.133. The molecule has 104 valence electrons. The van der Waals surface area contributed by atoms with Gasteiger partial charge in [-0.1, -0.05) is 46.6 Å². The maximum atomic E-state index is 8.87. The Hall–Kier alpha value is -1.71. The first-order valence-electron chi connectivity index (χ1n) is 5.96. The van der Waals surface area contributed by atoms with Crippen LogP contribution in [0.25, 0.3) is 0 Å². The summed E-state index contributed by atoms with van der Waals surface area (Å²) in [6.45, 7) is 2.02. The molecule has 1 N–H and O–H groups in total. The summed E-state index contributed by atoms with van der Waals surface area (Å²) in [5, 5.41) is 13.2. The molecule has 0 radical (unpaired) electrons. The molecule has 0 unspecified atom stereocenters. The van der Waals surface area contributed by atoms with Crippen LogP contribution in [0.1, 0.15) is 18.1 Å². The van der Waals surface area contributed by atoms with Crippen molar-refractivity contribution in [1.29, 1.82) is 0 Å². The Balaban J connectivity index is 2.19.